The Hall–Kier alpha value is -2.49. The number of phenolic OH excluding ortho intramolecular Hbond substituents is 1. The Bertz CT molecular complexity index is 579. The molecule has 0 fully saturated rings. The first-order chi connectivity index (χ1) is 8.63. The third-order valence-electron chi connectivity index (χ3n) is 2.66. The number of rotatable bonds is 2. The van der Waals surface area contributed by atoms with E-state index in [1.807, 2.05) is 30.3 Å². The second kappa shape index (κ2) is 4.79. The molecule has 4 heteroatoms. The zero-order valence-corrected chi connectivity index (χ0v) is 9.88. The normalized spacial score (nSPS) is 10.1. The Morgan fingerprint density at radius 2 is 1.89 bits per heavy atom. The van der Waals surface area contributed by atoms with Crippen LogP contribution in [0.25, 0.3) is 11.1 Å². The minimum atomic E-state index is -0.512. The van der Waals surface area contributed by atoms with E-state index in [1.54, 1.807) is 6.07 Å². The molecule has 0 amide bonds. The molecule has 0 heterocycles. The van der Waals surface area contributed by atoms with Crippen LogP contribution in [-0.4, -0.2) is 18.2 Å². The molecule has 0 radical (unpaired) electrons. The lowest BCUT2D eigenvalue weighted by Crippen LogP contribution is -2.03. The number of hydrogen-bond acceptors (Lipinski definition) is 4. The average molecular weight is 243 g/mol. The maximum Gasteiger partial charge on any atom is 0.338 e. The van der Waals surface area contributed by atoms with Crippen LogP contribution in [0.2, 0.25) is 0 Å². The highest BCUT2D eigenvalue weighted by Gasteiger charge is 2.13. The van der Waals surface area contributed by atoms with Crippen LogP contribution in [0.1, 0.15) is 10.4 Å². The Balaban J connectivity index is 2.60. The molecule has 2 rings (SSSR count). The number of nitrogen functional groups attached to an aromatic ring is 1. The summed E-state index contributed by atoms with van der Waals surface area (Å²) in [4.78, 5) is 11.5. The van der Waals surface area contributed by atoms with Crippen LogP contribution >= 0.6 is 0 Å². The lowest BCUT2D eigenvalue weighted by molar-refractivity contribution is 0.0600. The van der Waals surface area contributed by atoms with Gasteiger partial charge in [0.2, 0.25) is 0 Å². The number of benzene rings is 2. The van der Waals surface area contributed by atoms with E-state index in [9.17, 15) is 9.90 Å². The first kappa shape index (κ1) is 12.0. The fourth-order valence-electron chi connectivity index (χ4n) is 1.73. The third-order valence-corrected chi connectivity index (χ3v) is 2.66. The second-order valence-corrected chi connectivity index (χ2v) is 3.81. The van der Waals surface area contributed by atoms with Crippen LogP contribution in [0.15, 0.2) is 42.5 Å². The van der Waals surface area contributed by atoms with Gasteiger partial charge < -0.3 is 15.6 Å². The van der Waals surface area contributed by atoms with Gasteiger partial charge in [0, 0.05) is 5.56 Å². The Labute approximate surface area is 105 Å². The Kier molecular flexibility index (Phi) is 3.19. The minimum Gasteiger partial charge on any atom is -0.506 e. The van der Waals surface area contributed by atoms with Gasteiger partial charge in [0.05, 0.1) is 18.4 Å². The number of carbonyl (C=O) groups is 1. The van der Waals surface area contributed by atoms with Crippen molar-refractivity contribution in [1.29, 1.82) is 0 Å². The predicted molar refractivity (Wildman–Crippen MR) is 69.3 cm³/mol. The minimum absolute atomic E-state index is 0.128. The molecule has 0 unspecified atom stereocenters. The summed E-state index contributed by atoms with van der Waals surface area (Å²) < 4.78 is 4.63. The fourth-order valence-corrected chi connectivity index (χ4v) is 1.73. The zero-order chi connectivity index (χ0) is 13.1. The molecular weight excluding hydrogens is 230 g/mol. The van der Waals surface area contributed by atoms with Crippen LogP contribution in [0.4, 0.5) is 5.69 Å². The summed E-state index contributed by atoms with van der Waals surface area (Å²) in [5.41, 5.74) is 7.77. The standard InChI is InChI=1S/C14H13NO3/c1-18-14(17)10-7-11(13(15)12(16)8-10)9-5-3-2-4-6-9/h2-8,16H,15H2,1H3. The maximum absolute atomic E-state index is 11.5. The lowest BCUT2D eigenvalue weighted by Gasteiger charge is -2.10. The van der Waals surface area contributed by atoms with E-state index >= 15 is 0 Å². The molecule has 92 valence electrons. The molecule has 0 aliphatic heterocycles. The highest BCUT2D eigenvalue weighted by Crippen LogP contribution is 2.34. The molecule has 0 aliphatic carbocycles. The van der Waals surface area contributed by atoms with E-state index in [0.717, 1.165) is 5.56 Å². The van der Waals surface area contributed by atoms with Gasteiger partial charge >= 0.3 is 5.97 Å². The molecule has 0 bridgehead atoms. The Morgan fingerprint density at radius 3 is 2.50 bits per heavy atom. The van der Waals surface area contributed by atoms with Crippen molar-refractivity contribution in [3.63, 3.8) is 0 Å². The number of phenols is 1. The third kappa shape index (κ3) is 2.13. The van der Waals surface area contributed by atoms with Crippen molar-refractivity contribution >= 4 is 11.7 Å². The number of anilines is 1. The van der Waals surface area contributed by atoms with Crippen molar-refractivity contribution < 1.29 is 14.6 Å². The molecular formula is C14H13NO3. The summed E-state index contributed by atoms with van der Waals surface area (Å²) in [6.07, 6.45) is 0. The van der Waals surface area contributed by atoms with Crippen LogP contribution in [0.5, 0.6) is 5.75 Å². The lowest BCUT2D eigenvalue weighted by atomic mass is 10.0. The first-order valence-corrected chi connectivity index (χ1v) is 5.39. The maximum atomic E-state index is 11.5. The number of esters is 1. The molecule has 18 heavy (non-hydrogen) atoms. The van der Waals surface area contributed by atoms with Crippen molar-refractivity contribution in [2.45, 2.75) is 0 Å². The van der Waals surface area contributed by atoms with E-state index in [2.05, 4.69) is 4.74 Å². The Morgan fingerprint density at radius 1 is 1.22 bits per heavy atom. The van der Waals surface area contributed by atoms with E-state index < -0.39 is 5.97 Å². The van der Waals surface area contributed by atoms with Crippen LogP contribution in [-0.2, 0) is 4.74 Å². The molecule has 0 aliphatic rings. The van der Waals surface area contributed by atoms with Crippen molar-refractivity contribution in [3.05, 3.63) is 48.0 Å². The van der Waals surface area contributed by atoms with Crippen LogP contribution in [0.3, 0.4) is 0 Å². The molecule has 3 N–H and O–H groups in total. The predicted octanol–water partition coefficient (Wildman–Crippen LogP) is 2.43. The number of aromatic hydroxyl groups is 1. The van der Waals surface area contributed by atoms with Gasteiger partial charge in [-0.3, -0.25) is 0 Å². The first-order valence-electron chi connectivity index (χ1n) is 5.39. The van der Waals surface area contributed by atoms with Gasteiger partial charge in [-0.25, -0.2) is 4.79 Å². The van der Waals surface area contributed by atoms with Crippen LogP contribution < -0.4 is 5.73 Å². The van der Waals surface area contributed by atoms with Gasteiger partial charge in [-0.05, 0) is 17.7 Å². The van der Waals surface area contributed by atoms with Crippen molar-refractivity contribution in [3.8, 4) is 16.9 Å². The molecule has 2 aromatic carbocycles. The van der Waals surface area contributed by atoms with E-state index in [1.165, 1.54) is 13.2 Å². The number of ether oxygens (including phenoxy) is 1. The van der Waals surface area contributed by atoms with Gasteiger partial charge in [-0.1, -0.05) is 30.3 Å². The van der Waals surface area contributed by atoms with E-state index in [0.29, 0.717) is 5.56 Å². The van der Waals surface area contributed by atoms with E-state index in [4.69, 9.17) is 5.73 Å². The molecule has 0 atom stereocenters. The van der Waals surface area contributed by atoms with Crippen molar-refractivity contribution in [1.82, 2.24) is 0 Å². The SMILES string of the molecule is COC(=O)c1cc(O)c(N)c(-c2ccccc2)c1. The number of nitrogens with two attached hydrogens (primary N) is 1. The fraction of sp³-hybridized carbons (Fsp3) is 0.0714. The largest absolute Gasteiger partial charge is 0.506 e. The second-order valence-electron chi connectivity index (χ2n) is 3.81. The summed E-state index contributed by atoms with van der Waals surface area (Å²) in [6, 6.07) is 12.2. The van der Waals surface area contributed by atoms with Crippen molar-refractivity contribution in [2.24, 2.45) is 0 Å². The van der Waals surface area contributed by atoms with Gasteiger partial charge in [0.1, 0.15) is 5.75 Å². The summed E-state index contributed by atoms with van der Waals surface area (Å²) in [7, 11) is 1.29. The van der Waals surface area contributed by atoms with E-state index in [-0.39, 0.29) is 17.0 Å². The van der Waals surface area contributed by atoms with Crippen LogP contribution in [0, 0.1) is 0 Å². The molecule has 0 saturated carbocycles. The van der Waals surface area contributed by atoms with Gasteiger partial charge in [0.15, 0.2) is 0 Å². The average Bonchev–Trinajstić information content (AvgIpc) is 2.41. The molecule has 0 saturated heterocycles. The number of carbonyl (C=O) groups excluding carboxylic acids is 1. The summed E-state index contributed by atoms with van der Waals surface area (Å²) >= 11 is 0. The molecule has 0 spiro atoms. The molecule has 4 nitrogen and oxygen atoms in total. The summed E-state index contributed by atoms with van der Waals surface area (Å²) in [5, 5.41) is 9.75. The van der Waals surface area contributed by atoms with Gasteiger partial charge in [-0.15, -0.1) is 0 Å². The summed E-state index contributed by atoms with van der Waals surface area (Å²) in [6.45, 7) is 0. The topological polar surface area (TPSA) is 72.5 Å². The quantitative estimate of drug-likeness (QED) is 0.482. The van der Waals surface area contributed by atoms with Gasteiger partial charge in [0.25, 0.3) is 0 Å². The summed E-state index contributed by atoms with van der Waals surface area (Å²) in [5.74, 6) is -0.640. The highest BCUT2D eigenvalue weighted by molar-refractivity contribution is 5.94. The molecule has 0 aromatic heterocycles. The molecule has 2 aromatic rings. The number of hydrogen-bond donors (Lipinski definition) is 2. The van der Waals surface area contributed by atoms with Gasteiger partial charge in [-0.2, -0.15) is 0 Å². The highest BCUT2D eigenvalue weighted by atomic mass is 16.5. The van der Waals surface area contributed by atoms with Crippen molar-refractivity contribution in [2.75, 3.05) is 12.8 Å². The zero-order valence-electron chi connectivity index (χ0n) is 9.88. The monoisotopic (exact) mass is 243 g/mol. The smallest absolute Gasteiger partial charge is 0.338 e. The number of methoxy groups -OCH3 is 1.